The monoisotopic (exact) mass is 266 g/mol. The molecular weight excluding hydrogens is 248 g/mol. The number of sulfone groups is 1. The van der Waals surface area contributed by atoms with Crippen LogP contribution >= 0.6 is 0 Å². The summed E-state index contributed by atoms with van der Waals surface area (Å²) in [6.45, 7) is 3.82. The van der Waals surface area contributed by atoms with Gasteiger partial charge in [-0.2, -0.15) is 5.26 Å². The van der Waals surface area contributed by atoms with E-state index >= 15 is 0 Å². The van der Waals surface area contributed by atoms with Crippen molar-refractivity contribution in [2.75, 3.05) is 12.0 Å². The highest BCUT2D eigenvalue weighted by Crippen LogP contribution is 2.14. The molecular formula is C13H18N2O2S. The normalized spacial score (nSPS) is 14.8. The van der Waals surface area contributed by atoms with Gasteiger partial charge in [-0.3, -0.25) is 0 Å². The Morgan fingerprint density at radius 3 is 2.28 bits per heavy atom. The molecule has 0 saturated carbocycles. The molecule has 2 unspecified atom stereocenters. The van der Waals surface area contributed by atoms with Gasteiger partial charge in [0.25, 0.3) is 0 Å². The molecule has 0 bridgehead atoms. The SMILES string of the molecule is CC(CS(C)(=O)=O)NC(C)c1ccc(C#N)cc1. The second-order valence-corrected chi connectivity index (χ2v) is 6.80. The number of nitriles is 1. The van der Waals surface area contributed by atoms with Crippen LogP contribution in [0.1, 0.15) is 31.0 Å². The van der Waals surface area contributed by atoms with Crippen LogP contribution in [0, 0.1) is 11.3 Å². The fourth-order valence-electron chi connectivity index (χ4n) is 1.87. The van der Waals surface area contributed by atoms with Crippen molar-refractivity contribution >= 4 is 9.84 Å². The van der Waals surface area contributed by atoms with Crippen LogP contribution in [0.4, 0.5) is 0 Å². The van der Waals surface area contributed by atoms with Crippen molar-refractivity contribution in [1.29, 1.82) is 5.26 Å². The van der Waals surface area contributed by atoms with Gasteiger partial charge in [-0.05, 0) is 31.5 Å². The predicted octanol–water partition coefficient (Wildman–Crippen LogP) is 1.64. The topological polar surface area (TPSA) is 70.0 Å². The smallest absolute Gasteiger partial charge is 0.148 e. The van der Waals surface area contributed by atoms with Crippen LogP contribution < -0.4 is 5.32 Å². The van der Waals surface area contributed by atoms with E-state index in [1.807, 2.05) is 26.0 Å². The maximum atomic E-state index is 11.2. The van der Waals surface area contributed by atoms with Crippen LogP contribution in [0.3, 0.4) is 0 Å². The van der Waals surface area contributed by atoms with Crippen LogP contribution in [-0.4, -0.2) is 26.5 Å². The zero-order valence-electron chi connectivity index (χ0n) is 10.8. The van der Waals surface area contributed by atoms with Crippen LogP contribution in [0.15, 0.2) is 24.3 Å². The van der Waals surface area contributed by atoms with Crippen LogP contribution in [0.25, 0.3) is 0 Å². The number of hydrogen-bond donors (Lipinski definition) is 1. The minimum Gasteiger partial charge on any atom is -0.307 e. The Labute approximate surface area is 109 Å². The average molecular weight is 266 g/mol. The molecule has 1 aromatic rings. The average Bonchev–Trinajstić information content (AvgIpc) is 2.26. The first kappa shape index (κ1) is 14.7. The summed E-state index contributed by atoms with van der Waals surface area (Å²) in [5.74, 6) is 0.119. The molecule has 1 N–H and O–H groups in total. The molecule has 0 heterocycles. The lowest BCUT2D eigenvalue weighted by atomic mass is 10.1. The molecule has 0 aliphatic heterocycles. The zero-order chi connectivity index (χ0) is 13.8. The lowest BCUT2D eigenvalue weighted by Crippen LogP contribution is -2.34. The first-order valence-corrected chi connectivity index (χ1v) is 7.81. The van der Waals surface area contributed by atoms with Gasteiger partial charge in [-0.1, -0.05) is 12.1 Å². The fourth-order valence-corrected chi connectivity index (χ4v) is 2.88. The molecule has 1 rings (SSSR count). The molecule has 0 amide bonds. The molecule has 0 saturated heterocycles. The van der Waals surface area contributed by atoms with Crippen molar-refractivity contribution in [2.24, 2.45) is 0 Å². The number of hydrogen-bond acceptors (Lipinski definition) is 4. The predicted molar refractivity (Wildman–Crippen MR) is 71.9 cm³/mol. The van der Waals surface area contributed by atoms with Crippen molar-refractivity contribution in [2.45, 2.75) is 25.9 Å². The van der Waals surface area contributed by atoms with E-state index in [4.69, 9.17) is 5.26 Å². The highest BCUT2D eigenvalue weighted by Gasteiger charge is 2.13. The van der Waals surface area contributed by atoms with E-state index in [-0.39, 0.29) is 17.8 Å². The van der Waals surface area contributed by atoms with Gasteiger partial charge < -0.3 is 5.32 Å². The van der Waals surface area contributed by atoms with Crippen molar-refractivity contribution in [3.8, 4) is 6.07 Å². The van der Waals surface area contributed by atoms with Gasteiger partial charge in [-0.15, -0.1) is 0 Å². The van der Waals surface area contributed by atoms with E-state index in [1.165, 1.54) is 6.26 Å². The maximum absolute atomic E-state index is 11.2. The van der Waals surface area contributed by atoms with Gasteiger partial charge >= 0.3 is 0 Å². The van der Waals surface area contributed by atoms with Crippen LogP contribution in [0.2, 0.25) is 0 Å². The summed E-state index contributed by atoms with van der Waals surface area (Å²) < 4.78 is 22.3. The molecule has 1 aromatic carbocycles. The van der Waals surface area contributed by atoms with Gasteiger partial charge in [0.2, 0.25) is 0 Å². The third-order valence-electron chi connectivity index (χ3n) is 2.63. The number of benzene rings is 1. The van der Waals surface area contributed by atoms with Gasteiger partial charge in [-0.25, -0.2) is 8.42 Å². The van der Waals surface area contributed by atoms with Crippen molar-refractivity contribution < 1.29 is 8.42 Å². The van der Waals surface area contributed by atoms with Crippen molar-refractivity contribution in [1.82, 2.24) is 5.32 Å². The summed E-state index contributed by atoms with van der Waals surface area (Å²) in [7, 11) is -2.97. The minimum absolute atomic E-state index is 0.0505. The molecule has 2 atom stereocenters. The summed E-state index contributed by atoms with van der Waals surface area (Å²) >= 11 is 0. The second-order valence-electron chi connectivity index (χ2n) is 4.62. The molecule has 98 valence electrons. The largest absolute Gasteiger partial charge is 0.307 e. The quantitative estimate of drug-likeness (QED) is 0.879. The minimum atomic E-state index is -2.97. The van der Waals surface area contributed by atoms with E-state index < -0.39 is 9.84 Å². The summed E-state index contributed by atoms with van der Waals surface area (Å²) in [6.07, 6.45) is 1.23. The number of rotatable bonds is 5. The fraction of sp³-hybridized carbons (Fsp3) is 0.462. The Morgan fingerprint density at radius 2 is 1.83 bits per heavy atom. The van der Waals surface area contributed by atoms with E-state index in [1.54, 1.807) is 12.1 Å². The summed E-state index contributed by atoms with van der Waals surface area (Å²) in [6, 6.07) is 9.28. The Bertz CT molecular complexity index is 529. The molecule has 0 aliphatic carbocycles. The standard InChI is InChI=1S/C13H18N2O2S/c1-10(9-18(3,16)17)15-11(2)13-6-4-12(8-14)5-7-13/h4-7,10-11,15H,9H2,1-3H3. The highest BCUT2D eigenvalue weighted by atomic mass is 32.2. The molecule has 18 heavy (non-hydrogen) atoms. The summed E-state index contributed by atoms with van der Waals surface area (Å²) in [5, 5.41) is 11.9. The van der Waals surface area contributed by atoms with Gasteiger partial charge in [0, 0.05) is 18.3 Å². The first-order chi connectivity index (χ1) is 8.31. The van der Waals surface area contributed by atoms with Gasteiger partial charge in [0.1, 0.15) is 9.84 Å². The molecule has 0 spiro atoms. The molecule has 0 radical (unpaired) electrons. The summed E-state index contributed by atoms with van der Waals surface area (Å²) in [4.78, 5) is 0. The van der Waals surface area contributed by atoms with E-state index in [0.717, 1.165) is 5.56 Å². The van der Waals surface area contributed by atoms with Crippen molar-refractivity contribution in [3.05, 3.63) is 35.4 Å². The second kappa shape index (κ2) is 5.98. The highest BCUT2D eigenvalue weighted by molar-refractivity contribution is 7.90. The number of nitrogens with one attached hydrogen (secondary N) is 1. The van der Waals surface area contributed by atoms with Crippen molar-refractivity contribution in [3.63, 3.8) is 0 Å². The Morgan fingerprint density at radius 1 is 1.28 bits per heavy atom. The molecule has 4 nitrogen and oxygen atoms in total. The lowest BCUT2D eigenvalue weighted by molar-refractivity contribution is 0.500. The molecule has 0 aromatic heterocycles. The first-order valence-electron chi connectivity index (χ1n) is 5.75. The third kappa shape index (κ3) is 4.86. The molecule has 0 fully saturated rings. The zero-order valence-corrected chi connectivity index (χ0v) is 11.7. The molecule has 5 heteroatoms. The third-order valence-corrected chi connectivity index (χ3v) is 3.73. The van der Waals surface area contributed by atoms with Crippen LogP contribution in [0.5, 0.6) is 0 Å². The molecule has 0 aliphatic rings. The maximum Gasteiger partial charge on any atom is 0.148 e. The van der Waals surface area contributed by atoms with E-state index in [0.29, 0.717) is 5.56 Å². The Balaban J connectivity index is 2.65. The van der Waals surface area contributed by atoms with E-state index in [9.17, 15) is 8.42 Å². The Hall–Kier alpha value is -1.38. The lowest BCUT2D eigenvalue weighted by Gasteiger charge is -2.19. The van der Waals surface area contributed by atoms with E-state index in [2.05, 4.69) is 11.4 Å². The van der Waals surface area contributed by atoms with Gasteiger partial charge in [0.15, 0.2) is 0 Å². The Kier molecular flexibility index (Phi) is 4.88. The summed E-state index contributed by atoms with van der Waals surface area (Å²) in [5.41, 5.74) is 1.66. The van der Waals surface area contributed by atoms with Gasteiger partial charge in [0.05, 0.1) is 17.4 Å². The number of nitrogens with zero attached hydrogens (tertiary/aromatic N) is 1. The van der Waals surface area contributed by atoms with Crippen LogP contribution in [-0.2, 0) is 9.84 Å².